The Labute approximate surface area is 89.3 Å². The average molecular weight is 201 g/mol. The zero-order valence-electron chi connectivity index (χ0n) is 9.04. The number of nitrogens with zero attached hydrogens (tertiary/aromatic N) is 1. The summed E-state index contributed by atoms with van der Waals surface area (Å²) in [7, 11) is 0. The summed E-state index contributed by atoms with van der Waals surface area (Å²) in [5.74, 6) is 0.916. The molecule has 3 nitrogen and oxygen atoms in total. The Morgan fingerprint density at radius 2 is 2.13 bits per heavy atom. The van der Waals surface area contributed by atoms with Gasteiger partial charge in [-0.1, -0.05) is 6.07 Å². The number of pyridine rings is 1. The van der Waals surface area contributed by atoms with Gasteiger partial charge in [0.05, 0.1) is 0 Å². The molecular weight excluding hydrogens is 186 g/mol. The minimum absolute atomic E-state index is 0.803. The zero-order valence-corrected chi connectivity index (χ0v) is 9.04. The molecular formula is C12H15N3. The monoisotopic (exact) mass is 201 g/mol. The molecule has 1 aromatic carbocycles. The molecule has 15 heavy (non-hydrogen) atoms. The van der Waals surface area contributed by atoms with Crippen molar-refractivity contribution < 1.29 is 0 Å². The third-order valence-corrected chi connectivity index (χ3v) is 2.51. The summed E-state index contributed by atoms with van der Waals surface area (Å²) in [6.07, 6.45) is 1.79. The van der Waals surface area contributed by atoms with E-state index in [0.717, 1.165) is 28.8 Å². The first kappa shape index (κ1) is 9.77. The third kappa shape index (κ3) is 1.61. The van der Waals surface area contributed by atoms with Gasteiger partial charge >= 0.3 is 0 Å². The SMILES string of the molecule is CCNc1nccc2c(N)ccc(C)c12. The van der Waals surface area contributed by atoms with E-state index in [4.69, 9.17) is 5.73 Å². The fourth-order valence-electron chi connectivity index (χ4n) is 1.79. The van der Waals surface area contributed by atoms with Crippen molar-refractivity contribution in [2.45, 2.75) is 13.8 Å². The third-order valence-electron chi connectivity index (χ3n) is 2.51. The summed E-state index contributed by atoms with van der Waals surface area (Å²) in [5.41, 5.74) is 7.93. The van der Waals surface area contributed by atoms with Crippen molar-refractivity contribution in [1.82, 2.24) is 4.98 Å². The molecule has 1 aromatic heterocycles. The van der Waals surface area contributed by atoms with Crippen LogP contribution in [0.1, 0.15) is 12.5 Å². The lowest BCUT2D eigenvalue weighted by molar-refractivity contribution is 1.17. The van der Waals surface area contributed by atoms with E-state index in [1.807, 2.05) is 18.2 Å². The molecule has 0 atom stereocenters. The highest BCUT2D eigenvalue weighted by Gasteiger charge is 2.06. The van der Waals surface area contributed by atoms with Gasteiger partial charge in [0, 0.05) is 29.2 Å². The molecule has 0 fully saturated rings. The first-order chi connectivity index (χ1) is 7.24. The van der Waals surface area contributed by atoms with Crippen LogP contribution < -0.4 is 11.1 Å². The van der Waals surface area contributed by atoms with Gasteiger partial charge in [0.2, 0.25) is 0 Å². The molecule has 0 unspecified atom stereocenters. The minimum Gasteiger partial charge on any atom is -0.398 e. The number of fused-ring (bicyclic) bond motifs is 1. The van der Waals surface area contributed by atoms with Crippen LogP contribution in [0.4, 0.5) is 11.5 Å². The van der Waals surface area contributed by atoms with E-state index in [1.165, 1.54) is 5.56 Å². The highest BCUT2D eigenvalue weighted by molar-refractivity contribution is 6.01. The second-order valence-electron chi connectivity index (χ2n) is 3.58. The van der Waals surface area contributed by atoms with Crippen LogP contribution in [-0.4, -0.2) is 11.5 Å². The van der Waals surface area contributed by atoms with Gasteiger partial charge in [-0.2, -0.15) is 0 Å². The van der Waals surface area contributed by atoms with E-state index in [-0.39, 0.29) is 0 Å². The van der Waals surface area contributed by atoms with Crippen molar-refractivity contribution in [2.24, 2.45) is 0 Å². The molecule has 1 heterocycles. The molecule has 78 valence electrons. The summed E-state index contributed by atoms with van der Waals surface area (Å²) in [6.45, 7) is 4.99. The Morgan fingerprint density at radius 1 is 1.33 bits per heavy atom. The number of benzene rings is 1. The summed E-state index contributed by atoms with van der Waals surface area (Å²) in [5, 5.41) is 5.45. The maximum Gasteiger partial charge on any atom is 0.134 e. The first-order valence-corrected chi connectivity index (χ1v) is 5.11. The van der Waals surface area contributed by atoms with E-state index in [9.17, 15) is 0 Å². The van der Waals surface area contributed by atoms with Gasteiger partial charge in [-0.3, -0.25) is 0 Å². The van der Waals surface area contributed by atoms with Gasteiger partial charge in [0.25, 0.3) is 0 Å². The summed E-state index contributed by atoms with van der Waals surface area (Å²) in [4.78, 5) is 4.33. The van der Waals surface area contributed by atoms with Crippen LogP contribution in [0.15, 0.2) is 24.4 Å². The number of hydrogen-bond acceptors (Lipinski definition) is 3. The standard InChI is InChI=1S/C12H15N3/c1-3-14-12-11-8(2)4-5-10(13)9(11)6-7-15-12/h4-7H,3,13H2,1-2H3,(H,14,15). The first-order valence-electron chi connectivity index (χ1n) is 5.11. The number of anilines is 2. The molecule has 0 aliphatic heterocycles. The second-order valence-corrected chi connectivity index (χ2v) is 3.58. The van der Waals surface area contributed by atoms with E-state index in [1.54, 1.807) is 6.20 Å². The molecule has 0 amide bonds. The summed E-state index contributed by atoms with van der Waals surface area (Å²) >= 11 is 0. The van der Waals surface area contributed by atoms with Crippen molar-refractivity contribution in [1.29, 1.82) is 0 Å². The highest BCUT2D eigenvalue weighted by atomic mass is 15.0. The molecule has 2 rings (SSSR count). The Hall–Kier alpha value is -1.77. The molecule has 0 saturated carbocycles. The predicted octanol–water partition coefficient (Wildman–Crippen LogP) is 2.56. The molecule has 0 aliphatic carbocycles. The molecule has 3 N–H and O–H groups in total. The van der Waals surface area contributed by atoms with Crippen molar-refractivity contribution in [3.8, 4) is 0 Å². The lowest BCUT2D eigenvalue weighted by atomic mass is 10.1. The van der Waals surface area contributed by atoms with E-state index in [2.05, 4.69) is 24.1 Å². The zero-order chi connectivity index (χ0) is 10.8. The van der Waals surface area contributed by atoms with Gasteiger partial charge in [-0.15, -0.1) is 0 Å². The minimum atomic E-state index is 0.803. The molecule has 2 aromatic rings. The Morgan fingerprint density at radius 3 is 2.87 bits per heavy atom. The number of hydrogen-bond donors (Lipinski definition) is 2. The van der Waals surface area contributed by atoms with Gasteiger partial charge in [0.1, 0.15) is 5.82 Å². The number of aryl methyl sites for hydroxylation is 1. The largest absolute Gasteiger partial charge is 0.398 e. The van der Waals surface area contributed by atoms with Crippen LogP contribution in [0.5, 0.6) is 0 Å². The maximum atomic E-state index is 5.93. The van der Waals surface area contributed by atoms with Gasteiger partial charge in [-0.25, -0.2) is 4.98 Å². The normalized spacial score (nSPS) is 10.5. The molecule has 0 spiro atoms. The number of nitrogens with two attached hydrogens (primary N) is 1. The van der Waals surface area contributed by atoms with E-state index in [0.29, 0.717) is 0 Å². The lowest BCUT2D eigenvalue weighted by Gasteiger charge is -2.10. The van der Waals surface area contributed by atoms with Crippen LogP contribution >= 0.6 is 0 Å². The quantitative estimate of drug-likeness (QED) is 0.734. The summed E-state index contributed by atoms with van der Waals surface area (Å²) < 4.78 is 0. The Bertz CT molecular complexity index is 491. The van der Waals surface area contributed by atoms with Crippen LogP contribution in [0.3, 0.4) is 0 Å². The highest BCUT2D eigenvalue weighted by Crippen LogP contribution is 2.28. The summed E-state index contributed by atoms with van der Waals surface area (Å²) in [6, 6.07) is 5.92. The topological polar surface area (TPSA) is 50.9 Å². The van der Waals surface area contributed by atoms with Crippen LogP contribution in [0, 0.1) is 6.92 Å². The number of nitrogens with one attached hydrogen (secondary N) is 1. The van der Waals surface area contributed by atoms with Crippen LogP contribution in [0.2, 0.25) is 0 Å². The number of rotatable bonds is 2. The average Bonchev–Trinajstić information content (AvgIpc) is 2.24. The van der Waals surface area contributed by atoms with Crippen molar-refractivity contribution in [3.63, 3.8) is 0 Å². The fourth-order valence-corrected chi connectivity index (χ4v) is 1.79. The Balaban J connectivity index is 2.78. The molecule has 0 aliphatic rings. The van der Waals surface area contributed by atoms with Gasteiger partial charge in [-0.05, 0) is 31.5 Å². The van der Waals surface area contributed by atoms with Gasteiger partial charge < -0.3 is 11.1 Å². The van der Waals surface area contributed by atoms with Gasteiger partial charge in [0.15, 0.2) is 0 Å². The van der Waals surface area contributed by atoms with Crippen LogP contribution in [0.25, 0.3) is 10.8 Å². The van der Waals surface area contributed by atoms with Crippen LogP contribution in [-0.2, 0) is 0 Å². The van der Waals surface area contributed by atoms with E-state index >= 15 is 0 Å². The Kier molecular flexibility index (Phi) is 2.46. The molecule has 0 saturated heterocycles. The van der Waals surface area contributed by atoms with Crippen molar-refractivity contribution >= 4 is 22.3 Å². The van der Waals surface area contributed by atoms with Crippen molar-refractivity contribution in [3.05, 3.63) is 30.0 Å². The number of nitrogen functional groups attached to an aromatic ring is 1. The molecule has 3 heteroatoms. The molecule has 0 bridgehead atoms. The molecule has 0 radical (unpaired) electrons. The maximum absolute atomic E-state index is 5.93. The van der Waals surface area contributed by atoms with E-state index < -0.39 is 0 Å². The smallest absolute Gasteiger partial charge is 0.134 e. The number of aromatic nitrogens is 1. The lowest BCUT2D eigenvalue weighted by Crippen LogP contribution is -2.01. The second kappa shape index (κ2) is 3.77. The predicted molar refractivity (Wildman–Crippen MR) is 65.1 cm³/mol. The van der Waals surface area contributed by atoms with Crippen molar-refractivity contribution in [2.75, 3.05) is 17.6 Å². The fraction of sp³-hybridized carbons (Fsp3) is 0.250.